The number of benzene rings is 3. The van der Waals surface area contributed by atoms with Crippen LogP contribution < -0.4 is 10.9 Å². The first-order valence-electron chi connectivity index (χ1n) is 10.3. The van der Waals surface area contributed by atoms with Crippen LogP contribution in [0.15, 0.2) is 69.9 Å². The molecule has 35 heavy (non-hydrogen) atoms. The van der Waals surface area contributed by atoms with Crippen molar-refractivity contribution in [1.82, 2.24) is 0 Å². The summed E-state index contributed by atoms with van der Waals surface area (Å²) in [6, 6.07) is 12.8. The van der Waals surface area contributed by atoms with Gasteiger partial charge in [-0.1, -0.05) is 30.3 Å². The van der Waals surface area contributed by atoms with Crippen molar-refractivity contribution in [2.75, 3.05) is 5.32 Å². The second kappa shape index (κ2) is 9.09. The van der Waals surface area contributed by atoms with Crippen LogP contribution in [0.1, 0.15) is 18.1 Å². The van der Waals surface area contributed by atoms with Crippen LogP contribution in [0.2, 0.25) is 0 Å². The average Bonchev–Trinajstić information content (AvgIpc) is 2.81. The zero-order chi connectivity index (χ0) is 25.3. The number of anilines is 1. The van der Waals surface area contributed by atoms with E-state index in [0.717, 1.165) is 16.8 Å². The van der Waals surface area contributed by atoms with E-state index in [2.05, 4.69) is 5.32 Å². The summed E-state index contributed by atoms with van der Waals surface area (Å²) in [4.78, 5) is 34.9. The number of nitrogens with one attached hydrogen (secondary N) is 1. The Labute approximate surface area is 195 Å². The lowest BCUT2D eigenvalue weighted by molar-refractivity contribution is -0.384. The van der Waals surface area contributed by atoms with E-state index in [1.807, 2.05) is 24.3 Å². The van der Waals surface area contributed by atoms with Crippen LogP contribution in [0, 0.1) is 10.1 Å². The summed E-state index contributed by atoms with van der Waals surface area (Å²) in [6.07, 6.45) is -4.76. The Morgan fingerprint density at radius 1 is 1.14 bits per heavy atom. The average molecular weight is 486 g/mol. The maximum atomic E-state index is 12.9. The molecule has 0 fully saturated rings. The molecule has 0 aliphatic rings. The molecule has 4 aromatic rings. The molecule has 1 unspecified atom stereocenters. The quantitative estimate of drug-likeness (QED) is 0.127. The van der Waals surface area contributed by atoms with Crippen LogP contribution in [-0.2, 0) is 22.3 Å². The number of esters is 1. The summed E-state index contributed by atoms with van der Waals surface area (Å²) in [5, 5.41) is 16.0. The lowest BCUT2D eigenvalue weighted by Gasteiger charge is -2.16. The summed E-state index contributed by atoms with van der Waals surface area (Å²) >= 11 is 0. The van der Waals surface area contributed by atoms with Crippen LogP contribution in [0.3, 0.4) is 0 Å². The van der Waals surface area contributed by atoms with Crippen molar-refractivity contribution in [3.8, 4) is 0 Å². The third-order valence-electron chi connectivity index (χ3n) is 5.33. The molecule has 3 aromatic carbocycles. The zero-order valence-electron chi connectivity index (χ0n) is 18.1. The minimum atomic E-state index is -4.76. The van der Waals surface area contributed by atoms with E-state index < -0.39 is 40.0 Å². The summed E-state index contributed by atoms with van der Waals surface area (Å²) in [6.45, 7) is 1.05. The lowest BCUT2D eigenvalue weighted by atomic mass is 10.0. The van der Waals surface area contributed by atoms with Gasteiger partial charge in [0.2, 0.25) is 0 Å². The molecule has 180 valence electrons. The molecule has 0 amide bonds. The number of fused-ring (bicyclic) bond motifs is 3. The van der Waals surface area contributed by atoms with Gasteiger partial charge >= 0.3 is 17.8 Å². The van der Waals surface area contributed by atoms with E-state index >= 15 is 0 Å². The smallest absolute Gasteiger partial charge is 0.416 e. The van der Waals surface area contributed by atoms with E-state index in [9.17, 15) is 32.9 Å². The van der Waals surface area contributed by atoms with Gasteiger partial charge in [0.15, 0.2) is 0 Å². The first-order chi connectivity index (χ1) is 16.5. The molecule has 0 spiro atoms. The summed E-state index contributed by atoms with van der Waals surface area (Å²) < 4.78 is 49.3. The number of ether oxygens (including phenoxy) is 1. The summed E-state index contributed by atoms with van der Waals surface area (Å²) in [5.74, 6) is -0.833. The van der Waals surface area contributed by atoms with Crippen LogP contribution in [0.5, 0.6) is 0 Å². The molecule has 8 nitrogen and oxygen atoms in total. The first kappa shape index (κ1) is 23.7. The summed E-state index contributed by atoms with van der Waals surface area (Å²) in [7, 11) is 0. The van der Waals surface area contributed by atoms with E-state index in [4.69, 9.17) is 9.15 Å². The highest BCUT2D eigenvalue weighted by molar-refractivity contribution is 6.07. The van der Waals surface area contributed by atoms with Crippen molar-refractivity contribution in [2.45, 2.75) is 25.7 Å². The van der Waals surface area contributed by atoms with Crippen molar-refractivity contribution in [3.05, 3.63) is 92.3 Å². The van der Waals surface area contributed by atoms with Crippen molar-refractivity contribution in [2.24, 2.45) is 0 Å². The molecule has 1 N–H and O–H groups in total. The largest absolute Gasteiger partial charge is 0.459 e. The number of nitro groups is 1. The number of carbonyl (C=O) groups is 1. The molecular formula is C24H17F3N2O6. The molecule has 0 saturated heterocycles. The van der Waals surface area contributed by atoms with Crippen LogP contribution in [-0.4, -0.2) is 16.9 Å². The van der Waals surface area contributed by atoms with E-state index in [1.54, 1.807) is 12.1 Å². The molecule has 1 atom stereocenters. The third-order valence-corrected chi connectivity index (χ3v) is 5.33. The Morgan fingerprint density at radius 3 is 2.60 bits per heavy atom. The molecular weight excluding hydrogens is 469 g/mol. The zero-order valence-corrected chi connectivity index (χ0v) is 18.1. The monoisotopic (exact) mass is 486 g/mol. The van der Waals surface area contributed by atoms with Crippen LogP contribution in [0.4, 0.5) is 24.5 Å². The Hall–Kier alpha value is -4.41. The Kier molecular flexibility index (Phi) is 6.16. The first-order valence-corrected chi connectivity index (χ1v) is 10.3. The highest BCUT2D eigenvalue weighted by Gasteiger charge is 2.33. The normalized spacial score (nSPS) is 12.5. The fourth-order valence-electron chi connectivity index (χ4n) is 3.68. The Bertz CT molecular complexity index is 1510. The maximum absolute atomic E-state index is 12.9. The Balaban J connectivity index is 1.56. The van der Waals surface area contributed by atoms with Crippen LogP contribution in [0.25, 0.3) is 21.7 Å². The fourth-order valence-corrected chi connectivity index (χ4v) is 3.68. The maximum Gasteiger partial charge on any atom is 0.416 e. The van der Waals surface area contributed by atoms with Crippen molar-refractivity contribution >= 4 is 39.1 Å². The van der Waals surface area contributed by atoms with Gasteiger partial charge in [-0.15, -0.1) is 0 Å². The lowest BCUT2D eigenvalue weighted by Crippen LogP contribution is -2.28. The number of nitrogens with zero attached hydrogens (tertiary/aromatic N) is 1. The van der Waals surface area contributed by atoms with Gasteiger partial charge in [-0.2, -0.15) is 13.2 Å². The molecule has 0 bridgehead atoms. The molecule has 1 heterocycles. The number of carbonyl (C=O) groups excluding carboxylic acids is 1. The minimum absolute atomic E-state index is 0.274. The molecule has 0 aliphatic carbocycles. The molecule has 1 aromatic heterocycles. The minimum Gasteiger partial charge on any atom is -0.459 e. The second-order valence-corrected chi connectivity index (χ2v) is 7.71. The van der Waals surface area contributed by atoms with Crippen LogP contribution >= 0.6 is 0 Å². The highest BCUT2D eigenvalue weighted by atomic mass is 19.4. The van der Waals surface area contributed by atoms with Gasteiger partial charge in [-0.05, 0) is 35.9 Å². The van der Waals surface area contributed by atoms with Crippen molar-refractivity contribution in [3.63, 3.8) is 0 Å². The molecule has 0 saturated carbocycles. The molecule has 11 heteroatoms. The van der Waals surface area contributed by atoms with E-state index in [0.29, 0.717) is 28.7 Å². The van der Waals surface area contributed by atoms with Gasteiger partial charge in [0.1, 0.15) is 23.9 Å². The van der Waals surface area contributed by atoms with Crippen molar-refractivity contribution < 1.29 is 32.0 Å². The van der Waals surface area contributed by atoms with Crippen molar-refractivity contribution in [1.29, 1.82) is 0 Å². The van der Waals surface area contributed by atoms with Gasteiger partial charge in [-0.25, -0.2) is 9.59 Å². The third kappa shape index (κ3) is 4.93. The van der Waals surface area contributed by atoms with Gasteiger partial charge in [0.05, 0.1) is 10.5 Å². The number of nitro benzene ring substituents is 1. The van der Waals surface area contributed by atoms with Gasteiger partial charge in [0.25, 0.3) is 5.69 Å². The van der Waals surface area contributed by atoms with Gasteiger partial charge < -0.3 is 14.5 Å². The topological polar surface area (TPSA) is 112 Å². The number of halogens is 3. The highest BCUT2D eigenvalue weighted by Crippen LogP contribution is 2.35. The predicted molar refractivity (Wildman–Crippen MR) is 121 cm³/mol. The number of hydrogen-bond acceptors (Lipinski definition) is 7. The second-order valence-electron chi connectivity index (χ2n) is 7.71. The molecule has 0 aliphatic heterocycles. The standard InChI is InChI=1S/C24H17F3N2O6/c1-13(28-18-8-7-16(24(25,26)27)11-19(18)29(32)33)23(31)34-12-15-10-21(30)35-20-9-6-14-4-2-3-5-17(14)22(15)20/h2-11,13,28H,12H2,1H3. The SMILES string of the molecule is CC(Nc1ccc(C(F)(F)F)cc1[N+](=O)[O-])C(=O)OCc1cc(=O)oc2ccc3ccccc3c12. The number of hydrogen-bond donors (Lipinski definition) is 1. The molecule has 4 rings (SSSR count). The van der Waals surface area contributed by atoms with Gasteiger partial charge in [0, 0.05) is 23.1 Å². The molecule has 0 radical (unpaired) electrons. The van der Waals surface area contributed by atoms with E-state index in [-0.39, 0.29) is 12.3 Å². The Morgan fingerprint density at radius 2 is 1.89 bits per heavy atom. The number of rotatable bonds is 6. The summed E-state index contributed by atoms with van der Waals surface area (Å²) in [5.41, 5.74) is -2.22. The van der Waals surface area contributed by atoms with E-state index in [1.165, 1.54) is 13.0 Å². The number of alkyl halides is 3. The fraction of sp³-hybridized carbons (Fsp3) is 0.167. The predicted octanol–water partition coefficient (Wildman–Crippen LogP) is 5.42. The van der Waals surface area contributed by atoms with Gasteiger partial charge in [-0.3, -0.25) is 10.1 Å².